The molecular weight excluding hydrogens is 195 g/mol. The quantitative estimate of drug-likeness (QED) is 0.562. The lowest BCUT2D eigenvalue weighted by molar-refractivity contribution is 0.0988. The number of carbonyl (C=O) groups excluding carboxylic acids is 1. The van der Waals surface area contributed by atoms with Gasteiger partial charge in [-0.1, -0.05) is 18.2 Å². The van der Waals surface area contributed by atoms with Crippen molar-refractivity contribution in [3.8, 4) is 0 Å². The Morgan fingerprint density at radius 2 is 1.86 bits per heavy atom. The van der Waals surface area contributed by atoms with Crippen molar-refractivity contribution in [1.82, 2.24) is 0 Å². The zero-order valence-corrected chi connectivity index (χ0v) is 9.30. The number of hydrogen-bond acceptors (Lipinski definition) is 2. The van der Waals surface area contributed by atoms with Gasteiger partial charge in [-0.15, -0.1) is 0 Å². The number of hydrogen-bond donors (Lipinski definition) is 0. The molecule has 0 spiro atoms. The third-order valence-corrected chi connectivity index (χ3v) is 2.60. The summed E-state index contributed by atoms with van der Waals surface area (Å²) in [6.07, 6.45) is 0.767. The molecule has 0 unspecified atom stereocenters. The molecule has 74 valence electrons. The first-order chi connectivity index (χ1) is 6.66. The molecule has 1 aromatic carbocycles. The smallest absolute Gasteiger partial charge is 0.164 e. The van der Waals surface area contributed by atoms with Gasteiger partial charge in [0.1, 0.15) is 0 Å². The van der Waals surface area contributed by atoms with Crippen molar-refractivity contribution < 1.29 is 9.36 Å². The third kappa shape index (κ3) is 2.49. The second-order valence-electron chi connectivity index (χ2n) is 3.29. The Labute approximate surface area is 85.5 Å². The van der Waals surface area contributed by atoms with Gasteiger partial charge in [0.25, 0.3) is 0 Å². The first kappa shape index (κ1) is 11.1. The maximum atomic E-state index is 11.7. The fraction of sp³-hybridized carbons (Fsp3) is 0.364. The molecule has 0 aliphatic heterocycles. The molecule has 0 amide bonds. The van der Waals surface area contributed by atoms with Gasteiger partial charge < -0.3 is 0 Å². The maximum Gasteiger partial charge on any atom is 0.164 e. The average Bonchev–Trinajstić information content (AvgIpc) is 2.14. The van der Waals surface area contributed by atoms with Gasteiger partial charge in [0.05, 0.1) is 0 Å². The van der Waals surface area contributed by atoms with Crippen LogP contribution in [0.15, 0.2) is 18.2 Å². The molecule has 0 aromatic heterocycles. The van der Waals surface area contributed by atoms with Crippen molar-refractivity contribution >= 4 is 14.2 Å². The van der Waals surface area contributed by atoms with E-state index >= 15 is 0 Å². The fourth-order valence-corrected chi connectivity index (χ4v) is 1.82. The van der Waals surface area contributed by atoms with Crippen molar-refractivity contribution in [2.75, 3.05) is 6.16 Å². The first-order valence-electron chi connectivity index (χ1n) is 4.55. The summed E-state index contributed by atoms with van der Waals surface area (Å²) in [5.41, 5.74) is 2.78. The Kier molecular flexibility index (Phi) is 3.97. The van der Waals surface area contributed by atoms with Crippen molar-refractivity contribution in [2.24, 2.45) is 0 Å². The van der Waals surface area contributed by atoms with Crippen molar-refractivity contribution in [1.29, 1.82) is 0 Å². The summed E-state index contributed by atoms with van der Waals surface area (Å²) in [7, 11) is 0.0419. The van der Waals surface area contributed by atoms with Crippen molar-refractivity contribution in [2.45, 2.75) is 20.3 Å². The van der Waals surface area contributed by atoms with Crippen molar-refractivity contribution in [3.63, 3.8) is 0 Å². The molecule has 14 heavy (non-hydrogen) atoms. The molecule has 0 N–H and O–H groups in total. The van der Waals surface area contributed by atoms with E-state index in [1.54, 1.807) is 0 Å². The summed E-state index contributed by atoms with van der Waals surface area (Å²) >= 11 is 0. The minimum absolute atomic E-state index is 0.0419. The molecular formula is C11H13O2P. The molecule has 0 bridgehead atoms. The Bertz CT molecular complexity index is 338. The summed E-state index contributed by atoms with van der Waals surface area (Å²) in [6, 6.07) is 5.79. The predicted molar refractivity (Wildman–Crippen MR) is 57.3 cm³/mol. The predicted octanol–water partition coefficient (Wildman–Crippen LogP) is 3.17. The second kappa shape index (κ2) is 5.02. The molecule has 0 heterocycles. The lowest BCUT2D eigenvalue weighted by Gasteiger charge is -2.06. The lowest BCUT2D eigenvalue weighted by atomic mass is 9.98. The number of Topliss-reactive ketones (excluding diaryl/α,β-unsaturated/α-hetero) is 1. The van der Waals surface area contributed by atoms with Gasteiger partial charge in [-0.2, -0.15) is 0 Å². The minimum atomic E-state index is 0.0419. The molecule has 0 aliphatic rings. The standard InChI is InChI=1S/C11H13O2P/c1-8-4-3-5-9(2)11(8)10(12)6-7-14-13/h3-5H,6-7H2,1-2H3. The summed E-state index contributed by atoms with van der Waals surface area (Å²) in [4.78, 5) is 11.7. The maximum absolute atomic E-state index is 11.7. The molecule has 0 aliphatic carbocycles. The highest BCUT2D eigenvalue weighted by atomic mass is 31.1. The Morgan fingerprint density at radius 3 is 2.36 bits per heavy atom. The number of benzene rings is 1. The van der Waals surface area contributed by atoms with E-state index in [9.17, 15) is 9.36 Å². The number of ketones is 1. The monoisotopic (exact) mass is 208 g/mol. The summed E-state index contributed by atoms with van der Waals surface area (Å²) in [5, 5.41) is 0. The van der Waals surface area contributed by atoms with Crippen LogP contribution in [0.1, 0.15) is 27.9 Å². The van der Waals surface area contributed by atoms with E-state index < -0.39 is 0 Å². The van der Waals surface area contributed by atoms with Crippen LogP contribution in [-0.2, 0) is 4.57 Å². The van der Waals surface area contributed by atoms with Crippen LogP contribution < -0.4 is 0 Å². The van der Waals surface area contributed by atoms with E-state index in [2.05, 4.69) is 0 Å². The van der Waals surface area contributed by atoms with Gasteiger partial charge in [0, 0.05) is 18.1 Å². The number of aryl methyl sites for hydroxylation is 2. The summed E-state index contributed by atoms with van der Waals surface area (Å²) in [6.45, 7) is 3.85. The SMILES string of the molecule is Cc1cccc(C)c1C(=O)CCP=O. The van der Waals surface area contributed by atoms with Gasteiger partial charge >= 0.3 is 0 Å². The van der Waals surface area contributed by atoms with Crippen LogP contribution in [0.4, 0.5) is 0 Å². The topological polar surface area (TPSA) is 34.1 Å². The lowest BCUT2D eigenvalue weighted by Crippen LogP contribution is -2.04. The molecule has 0 radical (unpaired) electrons. The second-order valence-corrected chi connectivity index (χ2v) is 4.00. The van der Waals surface area contributed by atoms with Gasteiger partial charge in [-0.3, -0.25) is 9.36 Å². The van der Waals surface area contributed by atoms with Crippen LogP contribution in [0.2, 0.25) is 0 Å². The highest BCUT2D eigenvalue weighted by Gasteiger charge is 2.10. The highest BCUT2D eigenvalue weighted by Crippen LogP contribution is 2.16. The number of carbonyl (C=O) groups is 1. The van der Waals surface area contributed by atoms with E-state index in [1.807, 2.05) is 32.0 Å². The van der Waals surface area contributed by atoms with Gasteiger partial charge in [-0.05, 0) is 25.0 Å². The van der Waals surface area contributed by atoms with E-state index in [-0.39, 0.29) is 14.2 Å². The van der Waals surface area contributed by atoms with Crippen LogP contribution >= 0.6 is 8.46 Å². The fourth-order valence-electron chi connectivity index (χ4n) is 1.53. The molecule has 2 nitrogen and oxygen atoms in total. The molecule has 0 atom stereocenters. The van der Waals surface area contributed by atoms with E-state index in [0.29, 0.717) is 12.6 Å². The Morgan fingerprint density at radius 1 is 1.29 bits per heavy atom. The van der Waals surface area contributed by atoms with Gasteiger partial charge in [0.15, 0.2) is 14.2 Å². The Balaban J connectivity index is 2.94. The van der Waals surface area contributed by atoms with Crippen LogP contribution in [-0.4, -0.2) is 11.9 Å². The zero-order valence-electron chi connectivity index (χ0n) is 8.41. The largest absolute Gasteiger partial charge is 0.294 e. The molecule has 0 saturated heterocycles. The van der Waals surface area contributed by atoms with E-state index in [0.717, 1.165) is 16.7 Å². The zero-order chi connectivity index (χ0) is 10.6. The summed E-state index contributed by atoms with van der Waals surface area (Å²) in [5.74, 6) is 0.0870. The van der Waals surface area contributed by atoms with Gasteiger partial charge in [-0.25, -0.2) is 0 Å². The number of rotatable bonds is 4. The van der Waals surface area contributed by atoms with Gasteiger partial charge in [0.2, 0.25) is 0 Å². The normalized spacial score (nSPS) is 10.4. The van der Waals surface area contributed by atoms with Crippen molar-refractivity contribution in [3.05, 3.63) is 34.9 Å². The molecule has 3 heteroatoms. The van der Waals surface area contributed by atoms with Crippen LogP contribution in [0, 0.1) is 13.8 Å². The van der Waals surface area contributed by atoms with E-state index in [4.69, 9.17) is 0 Å². The Hall–Kier alpha value is -1.01. The molecule has 0 fully saturated rings. The average molecular weight is 208 g/mol. The minimum Gasteiger partial charge on any atom is -0.294 e. The highest BCUT2D eigenvalue weighted by molar-refractivity contribution is 7.23. The van der Waals surface area contributed by atoms with E-state index in [1.165, 1.54) is 0 Å². The molecule has 1 aromatic rings. The first-order valence-corrected chi connectivity index (χ1v) is 5.55. The molecule has 1 rings (SSSR count). The van der Waals surface area contributed by atoms with Crippen LogP contribution in [0.3, 0.4) is 0 Å². The molecule has 0 saturated carbocycles. The van der Waals surface area contributed by atoms with Crippen LogP contribution in [0.25, 0.3) is 0 Å². The third-order valence-electron chi connectivity index (χ3n) is 2.19. The summed E-state index contributed by atoms with van der Waals surface area (Å²) < 4.78 is 10.3. The van der Waals surface area contributed by atoms with Crippen LogP contribution in [0.5, 0.6) is 0 Å².